The molecule has 0 radical (unpaired) electrons. The Balaban J connectivity index is 3.89. The number of unbranched alkanes of at least 4 members (excludes halogenated alkanes) is 1. The van der Waals surface area contributed by atoms with E-state index in [0.717, 1.165) is 17.8 Å². The van der Waals surface area contributed by atoms with Crippen LogP contribution in [0.3, 0.4) is 0 Å². The monoisotopic (exact) mass is 179 g/mol. The Morgan fingerprint density at radius 2 is 1.92 bits per heavy atom. The number of hydrogen-bond acceptors (Lipinski definition) is 1. The molecular weight excluding hydrogens is 158 g/mol. The first kappa shape index (κ1) is 12.0. The number of allylic oxidation sites excluding steroid dienone is 3. The Labute approximate surface area is 82.4 Å². The number of hydrogen-bond donors (Lipinski definition) is 0. The molecule has 0 aromatic rings. The maximum Gasteiger partial charge on any atom is 0.0290 e. The van der Waals surface area contributed by atoms with Crippen molar-refractivity contribution in [1.82, 2.24) is 4.90 Å². The first-order chi connectivity index (χ1) is 6.07. The lowest BCUT2D eigenvalue weighted by Crippen LogP contribution is -2.16. The van der Waals surface area contributed by atoms with Crippen molar-refractivity contribution in [3.63, 3.8) is 0 Å². The Morgan fingerprint density at radius 1 is 1.31 bits per heavy atom. The van der Waals surface area contributed by atoms with Gasteiger partial charge in [0, 0.05) is 19.3 Å². The van der Waals surface area contributed by atoms with Crippen LogP contribution in [0.25, 0.3) is 0 Å². The summed E-state index contributed by atoms with van der Waals surface area (Å²) in [5.41, 5.74) is 2.11. The zero-order valence-electron chi connectivity index (χ0n) is 9.14. The van der Waals surface area contributed by atoms with Crippen molar-refractivity contribution >= 4 is 0 Å². The SMILES string of the molecule is C=C(C)/C=C\C(=C)N(C)CCCC. The number of rotatable bonds is 6. The molecule has 1 nitrogen and oxygen atoms in total. The lowest BCUT2D eigenvalue weighted by atomic mass is 10.2. The second-order valence-corrected chi connectivity index (χ2v) is 3.45. The lowest BCUT2D eigenvalue weighted by molar-refractivity contribution is 0.419. The Kier molecular flexibility index (Phi) is 6.03. The van der Waals surface area contributed by atoms with E-state index in [1.54, 1.807) is 0 Å². The predicted molar refractivity (Wildman–Crippen MR) is 60.6 cm³/mol. The first-order valence-electron chi connectivity index (χ1n) is 4.81. The topological polar surface area (TPSA) is 3.24 Å². The van der Waals surface area contributed by atoms with E-state index in [2.05, 4.69) is 32.0 Å². The van der Waals surface area contributed by atoms with E-state index in [1.165, 1.54) is 12.8 Å². The summed E-state index contributed by atoms with van der Waals surface area (Å²) in [7, 11) is 2.07. The van der Waals surface area contributed by atoms with Gasteiger partial charge in [0.15, 0.2) is 0 Å². The molecule has 0 aliphatic heterocycles. The maximum atomic E-state index is 3.98. The van der Waals surface area contributed by atoms with E-state index in [1.807, 2.05) is 19.1 Å². The molecule has 0 rings (SSSR count). The third kappa shape index (κ3) is 6.21. The number of nitrogens with zero attached hydrogens (tertiary/aromatic N) is 1. The second kappa shape index (κ2) is 6.53. The molecule has 1 heteroatoms. The van der Waals surface area contributed by atoms with Gasteiger partial charge < -0.3 is 4.90 Å². The molecule has 74 valence electrons. The number of likely N-dealkylation sites (N-methyl/N-ethyl adjacent to an activating group) is 1. The van der Waals surface area contributed by atoms with Gasteiger partial charge in [-0.25, -0.2) is 0 Å². The lowest BCUT2D eigenvalue weighted by Gasteiger charge is -2.18. The highest BCUT2D eigenvalue weighted by Crippen LogP contribution is 2.04. The van der Waals surface area contributed by atoms with E-state index in [9.17, 15) is 0 Å². The van der Waals surface area contributed by atoms with E-state index in [0.29, 0.717) is 0 Å². The average Bonchev–Trinajstić information content (AvgIpc) is 2.10. The molecule has 0 unspecified atom stereocenters. The molecule has 0 atom stereocenters. The van der Waals surface area contributed by atoms with Crippen LogP contribution in [0.2, 0.25) is 0 Å². The van der Waals surface area contributed by atoms with Crippen LogP contribution in [0.1, 0.15) is 26.7 Å². The Bertz CT molecular complexity index is 201. The molecular formula is C12H21N. The molecule has 0 aliphatic carbocycles. The zero-order chi connectivity index (χ0) is 10.3. The highest BCUT2D eigenvalue weighted by Gasteiger charge is 1.96. The van der Waals surface area contributed by atoms with Crippen LogP contribution >= 0.6 is 0 Å². The van der Waals surface area contributed by atoms with Gasteiger partial charge in [0.25, 0.3) is 0 Å². The molecule has 0 bridgehead atoms. The van der Waals surface area contributed by atoms with Crippen LogP contribution in [0.4, 0.5) is 0 Å². The van der Waals surface area contributed by atoms with Crippen molar-refractivity contribution in [3.8, 4) is 0 Å². The second-order valence-electron chi connectivity index (χ2n) is 3.45. The van der Waals surface area contributed by atoms with Crippen LogP contribution in [-0.2, 0) is 0 Å². The van der Waals surface area contributed by atoms with Gasteiger partial charge in [0.1, 0.15) is 0 Å². The highest BCUT2D eigenvalue weighted by molar-refractivity contribution is 5.21. The standard InChI is InChI=1S/C12H21N/c1-6-7-10-13(5)12(4)9-8-11(2)3/h8-9H,2,4,6-7,10H2,1,3,5H3/b9-8-. The van der Waals surface area contributed by atoms with Gasteiger partial charge in [0.05, 0.1) is 0 Å². The molecule has 0 aliphatic rings. The summed E-state index contributed by atoms with van der Waals surface area (Å²) >= 11 is 0. The normalized spacial score (nSPS) is 10.4. The molecule has 0 amide bonds. The molecule has 0 saturated carbocycles. The van der Waals surface area contributed by atoms with Crippen molar-refractivity contribution < 1.29 is 0 Å². The summed E-state index contributed by atoms with van der Waals surface area (Å²) in [5.74, 6) is 0. The van der Waals surface area contributed by atoms with Crippen molar-refractivity contribution in [2.75, 3.05) is 13.6 Å². The summed E-state index contributed by atoms with van der Waals surface area (Å²) in [4.78, 5) is 2.17. The predicted octanol–water partition coefficient (Wildman–Crippen LogP) is 3.36. The minimum absolute atomic E-state index is 1.05. The molecule has 0 heterocycles. The van der Waals surface area contributed by atoms with Crippen LogP contribution < -0.4 is 0 Å². The van der Waals surface area contributed by atoms with E-state index >= 15 is 0 Å². The van der Waals surface area contributed by atoms with E-state index in [4.69, 9.17) is 0 Å². The van der Waals surface area contributed by atoms with E-state index < -0.39 is 0 Å². The molecule has 0 fully saturated rings. The molecule has 0 aromatic carbocycles. The van der Waals surface area contributed by atoms with Crippen LogP contribution in [0.5, 0.6) is 0 Å². The fourth-order valence-corrected chi connectivity index (χ4v) is 0.905. The first-order valence-corrected chi connectivity index (χ1v) is 4.81. The zero-order valence-corrected chi connectivity index (χ0v) is 9.14. The molecule has 13 heavy (non-hydrogen) atoms. The Morgan fingerprint density at radius 3 is 2.38 bits per heavy atom. The summed E-state index contributed by atoms with van der Waals surface area (Å²) in [6.45, 7) is 13.0. The van der Waals surface area contributed by atoms with E-state index in [-0.39, 0.29) is 0 Å². The summed E-state index contributed by atoms with van der Waals surface area (Å²) in [6, 6.07) is 0. The third-order valence-electron chi connectivity index (χ3n) is 1.90. The summed E-state index contributed by atoms with van der Waals surface area (Å²) in [6.07, 6.45) is 6.45. The average molecular weight is 179 g/mol. The molecule has 0 spiro atoms. The van der Waals surface area contributed by atoms with Crippen LogP contribution in [0.15, 0.2) is 36.6 Å². The summed E-state index contributed by atoms with van der Waals surface area (Å²) < 4.78 is 0. The van der Waals surface area contributed by atoms with Gasteiger partial charge in [-0.2, -0.15) is 0 Å². The van der Waals surface area contributed by atoms with Crippen LogP contribution in [-0.4, -0.2) is 18.5 Å². The fourth-order valence-electron chi connectivity index (χ4n) is 0.905. The summed E-state index contributed by atoms with van der Waals surface area (Å²) in [5, 5.41) is 0. The van der Waals surface area contributed by atoms with Crippen molar-refractivity contribution in [3.05, 3.63) is 36.6 Å². The van der Waals surface area contributed by atoms with Crippen molar-refractivity contribution in [1.29, 1.82) is 0 Å². The maximum absolute atomic E-state index is 3.98. The van der Waals surface area contributed by atoms with Crippen LogP contribution in [0, 0.1) is 0 Å². The quantitative estimate of drug-likeness (QED) is 0.565. The largest absolute Gasteiger partial charge is 0.375 e. The van der Waals surface area contributed by atoms with Gasteiger partial charge in [-0.15, -0.1) is 0 Å². The smallest absolute Gasteiger partial charge is 0.0290 e. The van der Waals surface area contributed by atoms with Crippen molar-refractivity contribution in [2.24, 2.45) is 0 Å². The van der Waals surface area contributed by atoms with Gasteiger partial charge in [-0.3, -0.25) is 0 Å². The fraction of sp³-hybridized carbons (Fsp3) is 0.500. The van der Waals surface area contributed by atoms with Gasteiger partial charge in [-0.1, -0.05) is 38.2 Å². The molecule has 0 aromatic heterocycles. The van der Waals surface area contributed by atoms with Gasteiger partial charge >= 0.3 is 0 Å². The van der Waals surface area contributed by atoms with Gasteiger partial charge in [0.2, 0.25) is 0 Å². The Hall–Kier alpha value is -0.980. The molecule has 0 saturated heterocycles. The van der Waals surface area contributed by atoms with Gasteiger partial charge in [-0.05, 0) is 19.4 Å². The minimum atomic E-state index is 1.05. The van der Waals surface area contributed by atoms with Crippen molar-refractivity contribution in [2.45, 2.75) is 26.7 Å². The highest BCUT2D eigenvalue weighted by atomic mass is 15.1. The minimum Gasteiger partial charge on any atom is -0.375 e. The molecule has 0 N–H and O–H groups in total. The third-order valence-corrected chi connectivity index (χ3v) is 1.90.